The van der Waals surface area contributed by atoms with Crippen molar-refractivity contribution in [1.82, 2.24) is 14.9 Å². The Morgan fingerprint density at radius 2 is 1.86 bits per heavy atom. The van der Waals surface area contributed by atoms with E-state index in [1.807, 2.05) is 0 Å². The Hall–Kier alpha value is -2.04. The molecule has 1 heterocycles. The highest BCUT2D eigenvalue weighted by atomic mass is 32.2. The van der Waals surface area contributed by atoms with Crippen LogP contribution in [0.1, 0.15) is 26.2 Å². The summed E-state index contributed by atoms with van der Waals surface area (Å²) in [5, 5.41) is 14.0. The molecule has 0 aliphatic carbocycles. The van der Waals surface area contributed by atoms with Crippen LogP contribution >= 0.6 is 0 Å². The molecule has 1 aromatic carbocycles. The van der Waals surface area contributed by atoms with Crippen LogP contribution in [0, 0.1) is 11.7 Å². The molecule has 28 heavy (non-hydrogen) atoms. The van der Waals surface area contributed by atoms with Gasteiger partial charge in [-0.1, -0.05) is 0 Å². The zero-order valence-electron chi connectivity index (χ0n) is 15.7. The minimum atomic E-state index is -3.73. The van der Waals surface area contributed by atoms with Crippen LogP contribution in [0.4, 0.5) is 4.39 Å². The van der Waals surface area contributed by atoms with E-state index in [1.165, 1.54) is 16.4 Å². The molecule has 8 nitrogen and oxygen atoms in total. The van der Waals surface area contributed by atoms with Crippen LogP contribution in [0.5, 0.6) is 0 Å². The van der Waals surface area contributed by atoms with Gasteiger partial charge in [0.2, 0.25) is 21.8 Å². The van der Waals surface area contributed by atoms with E-state index < -0.39 is 21.9 Å². The predicted octanol–water partition coefficient (Wildman–Crippen LogP) is 0.230. The predicted molar refractivity (Wildman–Crippen MR) is 100 cm³/mol. The fourth-order valence-electron chi connectivity index (χ4n) is 2.95. The summed E-state index contributed by atoms with van der Waals surface area (Å²) in [5.41, 5.74) is 0. The van der Waals surface area contributed by atoms with Crippen molar-refractivity contribution in [1.29, 1.82) is 0 Å². The lowest BCUT2D eigenvalue weighted by atomic mass is 9.97. The zero-order valence-corrected chi connectivity index (χ0v) is 16.5. The van der Waals surface area contributed by atoms with Gasteiger partial charge in [0.15, 0.2) is 0 Å². The molecule has 0 bridgehead atoms. The number of piperidine rings is 1. The summed E-state index contributed by atoms with van der Waals surface area (Å²) in [4.78, 5) is 24.3. The Labute approximate surface area is 164 Å². The summed E-state index contributed by atoms with van der Waals surface area (Å²) < 4.78 is 39.5. The Balaban J connectivity index is 1.86. The van der Waals surface area contributed by atoms with E-state index in [0.29, 0.717) is 25.8 Å². The molecular weight excluding hydrogens is 389 g/mol. The molecule has 1 aliphatic rings. The van der Waals surface area contributed by atoms with E-state index in [1.54, 1.807) is 6.92 Å². The van der Waals surface area contributed by atoms with Gasteiger partial charge in [-0.3, -0.25) is 9.59 Å². The average Bonchev–Trinajstić information content (AvgIpc) is 2.68. The fraction of sp³-hybridized carbons (Fsp3) is 0.556. The molecule has 1 saturated heterocycles. The van der Waals surface area contributed by atoms with Crippen molar-refractivity contribution in [2.45, 2.75) is 37.1 Å². The van der Waals surface area contributed by atoms with Crippen molar-refractivity contribution in [3.8, 4) is 0 Å². The highest BCUT2D eigenvalue weighted by Gasteiger charge is 2.32. The van der Waals surface area contributed by atoms with Crippen molar-refractivity contribution in [2.24, 2.45) is 5.92 Å². The summed E-state index contributed by atoms with van der Waals surface area (Å²) >= 11 is 0. The Kier molecular flexibility index (Phi) is 7.90. The second-order valence-corrected chi connectivity index (χ2v) is 8.67. The lowest BCUT2D eigenvalue weighted by Crippen LogP contribution is -2.49. The molecule has 10 heteroatoms. The molecule has 1 aliphatic heterocycles. The van der Waals surface area contributed by atoms with Crippen molar-refractivity contribution in [2.75, 3.05) is 26.2 Å². The summed E-state index contributed by atoms with van der Waals surface area (Å²) in [6.07, 6.45) is 1.11. The highest BCUT2D eigenvalue weighted by molar-refractivity contribution is 7.89. The summed E-state index contributed by atoms with van der Waals surface area (Å²) in [7, 11) is -3.73. The van der Waals surface area contributed by atoms with Gasteiger partial charge in [-0.05, 0) is 50.5 Å². The van der Waals surface area contributed by atoms with E-state index >= 15 is 0 Å². The Bertz CT molecular complexity index is 777. The number of aliphatic hydroxyl groups is 1. The van der Waals surface area contributed by atoms with Gasteiger partial charge in [0.25, 0.3) is 0 Å². The number of carbonyl (C=O) groups excluding carboxylic acids is 2. The zero-order chi connectivity index (χ0) is 20.7. The van der Waals surface area contributed by atoms with Gasteiger partial charge >= 0.3 is 0 Å². The van der Waals surface area contributed by atoms with E-state index in [4.69, 9.17) is 5.11 Å². The van der Waals surface area contributed by atoms with Gasteiger partial charge in [0.05, 0.1) is 4.90 Å². The summed E-state index contributed by atoms with van der Waals surface area (Å²) in [6.45, 7) is 2.22. The molecule has 156 valence electrons. The average molecular weight is 415 g/mol. The lowest BCUT2D eigenvalue weighted by molar-refractivity contribution is -0.131. The third-order valence-corrected chi connectivity index (χ3v) is 6.58. The number of halogens is 1. The molecule has 0 unspecified atom stereocenters. The van der Waals surface area contributed by atoms with Crippen LogP contribution < -0.4 is 10.6 Å². The largest absolute Gasteiger partial charge is 0.396 e. The molecule has 2 rings (SSSR count). The second-order valence-electron chi connectivity index (χ2n) is 6.73. The maximum Gasteiger partial charge on any atom is 0.243 e. The number of nitrogens with one attached hydrogen (secondary N) is 2. The van der Waals surface area contributed by atoms with Crippen LogP contribution in [0.15, 0.2) is 29.2 Å². The van der Waals surface area contributed by atoms with Gasteiger partial charge in [-0.15, -0.1) is 0 Å². The Morgan fingerprint density at radius 3 is 2.43 bits per heavy atom. The molecule has 1 fully saturated rings. The smallest absolute Gasteiger partial charge is 0.243 e. The minimum absolute atomic E-state index is 0.0185. The van der Waals surface area contributed by atoms with Crippen molar-refractivity contribution < 1.29 is 27.5 Å². The van der Waals surface area contributed by atoms with Crippen molar-refractivity contribution in [3.05, 3.63) is 30.1 Å². The number of aliphatic hydroxyl groups excluding tert-OH is 1. The van der Waals surface area contributed by atoms with E-state index in [-0.39, 0.29) is 42.3 Å². The molecule has 0 radical (unpaired) electrons. The standard InChI is InChI=1S/C18H26FN3O5S/c1-13(17(24)20-9-2-12-23)21-18(25)14-7-10-22(11-8-14)28(26,27)16-5-3-15(19)4-6-16/h3-6,13-14,23H,2,7-12H2,1H3,(H,20,24)(H,21,25)/t13-/m1/s1. The van der Waals surface area contributed by atoms with Gasteiger partial charge in [-0.2, -0.15) is 4.31 Å². The molecule has 2 amide bonds. The van der Waals surface area contributed by atoms with Gasteiger partial charge in [0.1, 0.15) is 11.9 Å². The van der Waals surface area contributed by atoms with Crippen LogP contribution in [0.3, 0.4) is 0 Å². The minimum Gasteiger partial charge on any atom is -0.396 e. The molecule has 0 spiro atoms. The maximum atomic E-state index is 13.0. The van der Waals surface area contributed by atoms with Gasteiger partial charge in [-0.25, -0.2) is 12.8 Å². The van der Waals surface area contributed by atoms with E-state index in [2.05, 4.69) is 10.6 Å². The number of rotatable bonds is 8. The topological polar surface area (TPSA) is 116 Å². The Morgan fingerprint density at radius 1 is 1.25 bits per heavy atom. The number of carbonyl (C=O) groups is 2. The fourth-order valence-corrected chi connectivity index (χ4v) is 4.42. The molecule has 0 aromatic heterocycles. The van der Waals surface area contributed by atoms with Gasteiger partial charge < -0.3 is 15.7 Å². The van der Waals surface area contributed by atoms with Crippen molar-refractivity contribution in [3.63, 3.8) is 0 Å². The number of nitrogens with zero attached hydrogens (tertiary/aromatic N) is 1. The highest BCUT2D eigenvalue weighted by Crippen LogP contribution is 2.24. The first-order valence-electron chi connectivity index (χ1n) is 9.20. The normalized spacial score (nSPS) is 17.1. The quantitative estimate of drug-likeness (QED) is 0.526. The lowest BCUT2D eigenvalue weighted by Gasteiger charge is -2.31. The number of sulfonamides is 1. The molecule has 0 saturated carbocycles. The number of hydrogen-bond donors (Lipinski definition) is 3. The third-order valence-electron chi connectivity index (χ3n) is 4.66. The first-order chi connectivity index (χ1) is 13.3. The van der Waals surface area contributed by atoms with Gasteiger partial charge in [0, 0.05) is 32.2 Å². The first kappa shape index (κ1) is 22.3. The second kappa shape index (κ2) is 9.94. The number of benzene rings is 1. The molecule has 1 atom stereocenters. The number of hydrogen-bond acceptors (Lipinski definition) is 5. The van der Waals surface area contributed by atoms with Crippen LogP contribution in [-0.2, 0) is 19.6 Å². The SMILES string of the molecule is C[C@@H](NC(=O)C1CCN(S(=O)(=O)c2ccc(F)cc2)CC1)C(=O)NCCCO. The molecular formula is C18H26FN3O5S. The monoisotopic (exact) mass is 415 g/mol. The summed E-state index contributed by atoms with van der Waals surface area (Å²) in [5.74, 6) is -1.52. The van der Waals surface area contributed by atoms with Crippen LogP contribution in [0.2, 0.25) is 0 Å². The summed E-state index contributed by atoms with van der Waals surface area (Å²) in [6, 6.07) is 3.92. The molecule has 3 N–H and O–H groups in total. The van der Waals surface area contributed by atoms with Crippen LogP contribution in [-0.4, -0.2) is 61.9 Å². The third kappa shape index (κ3) is 5.73. The molecule has 1 aromatic rings. The first-order valence-corrected chi connectivity index (χ1v) is 10.6. The maximum absolute atomic E-state index is 13.0. The van der Waals surface area contributed by atoms with E-state index in [9.17, 15) is 22.4 Å². The van der Waals surface area contributed by atoms with Crippen molar-refractivity contribution >= 4 is 21.8 Å². The van der Waals surface area contributed by atoms with Crippen LogP contribution in [0.25, 0.3) is 0 Å². The van der Waals surface area contributed by atoms with E-state index in [0.717, 1.165) is 12.1 Å². The number of amides is 2.